The van der Waals surface area contributed by atoms with Crippen LogP contribution in [0.5, 0.6) is 0 Å². The largest absolute Gasteiger partial charge is 0.388 e. The molecule has 2 rings (SSSR count). The van der Waals surface area contributed by atoms with Crippen molar-refractivity contribution in [2.75, 3.05) is 24.7 Å². The number of aryl methyl sites for hydroxylation is 1. The van der Waals surface area contributed by atoms with E-state index >= 15 is 0 Å². The zero-order valence-electron chi connectivity index (χ0n) is 12.4. The fourth-order valence-electron chi connectivity index (χ4n) is 2.18. The maximum absolute atomic E-state index is 3.24. The Morgan fingerprint density at radius 3 is 2.60 bits per heavy atom. The molecule has 0 radical (unpaired) electrons. The van der Waals surface area contributed by atoms with Gasteiger partial charge in [0.15, 0.2) is 6.20 Å². The highest BCUT2D eigenvalue weighted by molar-refractivity contribution is 5.77. The summed E-state index contributed by atoms with van der Waals surface area (Å²) in [5.74, 6) is 0. The molecule has 3 nitrogen and oxygen atoms in total. The van der Waals surface area contributed by atoms with E-state index in [1.54, 1.807) is 0 Å². The van der Waals surface area contributed by atoms with E-state index in [2.05, 4.69) is 76.9 Å². The van der Waals surface area contributed by atoms with E-state index in [1.807, 2.05) is 14.1 Å². The smallest absolute Gasteiger partial charge is 0.205 e. The fraction of sp³-hybridized carbons (Fsp3) is 0.235. The van der Waals surface area contributed by atoms with Crippen molar-refractivity contribution < 1.29 is 4.57 Å². The van der Waals surface area contributed by atoms with Gasteiger partial charge in [-0.1, -0.05) is 6.07 Å². The first-order valence-corrected chi connectivity index (χ1v) is 6.94. The van der Waals surface area contributed by atoms with Gasteiger partial charge in [-0.15, -0.1) is 0 Å². The molecule has 1 aromatic carbocycles. The topological polar surface area (TPSA) is 27.9 Å². The molecule has 0 aliphatic heterocycles. The molecule has 0 spiro atoms. The first-order valence-electron chi connectivity index (χ1n) is 6.94. The van der Waals surface area contributed by atoms with Crippen molar-refractivity contribution in [3.8, 4) is 0 Å². The molecule has 0 aliphatic carbocycles. The summed E-state index contributed by atoms with van der Waals surface area (Å²) in [6.45, 7) is 3.12. The van der Waals surface area contributed by atoms with Gasteiger partial charge in [0.05, 0.1) is 0 Å². The van der Waals surface area contributed by atoms with Crippen LogP contribution in [0.3, 0.4) is 0 Å². The molecule has 0 fully saturated rings. The van der Waals surface area contributed by atoms with Crippen LogP contribution in [0.2, 0.25) is 0 Å². The highest BCUT2D eigenvalue weighted by Gasteiger charge is 2.04. The minimum Gasteiger partial charge on any atom is -0.388 e. The van der Waals surface area contributed by atoms with Crippen molar-refractivity contribution in [1.82, 2.24) is 0 Å². The zero-order valence-corrected chi connectivity index (χ0v) is 12.4. The number of rotatable bonds is 5. The maximum Gasteiger partial charge on any atom is 0.205 e. The normalized spacial score (nSPS) is 10.8. The summed E-state index contributed by atoms with van der Waals surface area (Å²) in [5, 5.41) is 6.39. The fourth-order valence-corrected chi connectivity index (χ4v) is 2.18. The number of nitrogens with one attached hydrogen (secondary N) is 2. The third kappa shape index (κ3) is 3.18. The molecule has 1 heterocycles. The lowest BCUT2D eigenvalue weighted by atomic mass is 10.1. The van der Waals surface area contributed by atoms with Crippen LogP contribution in [0.25, 0.3) is 12.2 Å². The summed E-state index contributed by atoms with van der Waals surface area (Å²) in [5.41, 5.74) is 4.61. The predicted molar refractivity (Wildman–Crippen MR) is 86.8 cm³/mol. The molecule has 2 aromatic rings. The van der Waals surface area contributed by atoms with Crippen molar-refractivity contribution in [2.24, 2.45) is 0 Å². The van der Waals surface area contributed by atoms with Crippen LogP contribution in [0.15, 0.2) is 42.6 Å². The Kier molecular flexibility index (Phi) is 4.77. The van der Waals surface area contributed by atoms with Crippen LogP contribution in [-0.4, -0.2) is 14.1 Å². The first kappa shape index (κ1) is 14.1. The molecule has 1 aromatic heterocycles. The molecule has 2 N–H and O–H groups in total. The Morgan fingerprint density at radius 2 is 1.90 bits per heavy atom. The van der Waals surface area contributed by atoms with E-state index in [9.17, 15) is 0 Å². The molecule has 20 heavy (non-hydrogen) atoms. The van der Waals surface area contributed by atoms with Crippen molar-refractivity contribution >= 4 is 23.5 Å². The van der Waals surface area contributed by atoms with Gasteiger partial charge in [-0.3, -0.25) is 0 Å². The molecular weight excluding hydrogens is 246 g/mol. The molecule has 0 saturated carbocycles. The number of anilines is 2. The maximum atomic E-state index is 3.24. The average molecular weight is 268 g/mol. The van der Waals surface area contributed by atoms with E-state index in [1.165, 1.54) is 11.3 Å². The Bertz CT molecular complexity index is 603. The van der Waals surface area contributed by atoms with Crippen molar-refractivity contribution in [3.05, 3.63) is 53.9 Å². The zero-order chi connectivity index (χ0) is 14.4. The number of hydrogen-bond acceptors (Lipinski definition) is 2. The summed E-state index contributed by atoms with van der Waals surface area (Å²) >= 11 is 0. The number of aromatic nitrogens is 1. The summed E-state index contributed by atoms with van der Waals surface area (Å²) in [6, 6.07) is 12.6. The van der Waals surface area contributed by atoms with Gasteiger partial charge in [0.1, 0.15) is 6.54 Å². The highest BCUT2D eigenvalue weighted by atomic mass is 14.9. The minimum atomic E-state index is 0.970. The Morgan fingerprint density at radius 1 is 1.05 bits per heavy atom. The lowest BCUT2D eigenvalue weighted by Crippen LogP contribution is -2.34. The number of hydrogen-bond donors (Lipinski definition) is 2. The lowest BCUT2D eigenvalue weighted by Gasteiger charge is -2.08. The van der Waals surface area contributed by atoms with Gasteiger partial charge in [0.2, 0.25) is 5.69 Å². The van der Waals surface area contributed by atoms with Crippen LogP contribution in [0.1, 0.15) is 18.2 Å². The molecule has 0 bridgehead atoms. The van der Waals surface area contributed by atoms with Gasteiger partial charge in [-0.05, 0) is 36.8 Å². The van der Waals surface area contributed by atoms with Gasteiger partial charge in [0, 0.05) is 43.7 Å². The second-order valence-corrected chi connectivity index (χ2v) is 4.55. The summed E-state index contributed by atoms with van der Waals surface area (Å²) in [4.78, 5) is 0. The van der Waals surface area contributed by atoms with Gasteiger partial charge in [0.25, 0.3) is 0 Å². The predicted octanol–water partition coefficient (Wildman–Crippen LogP) is 3.25. The SMILES string of the molecule is CC[n+]1ccccc1C=Cc1ccc(NC)cc1NC. The van der Waals surface area contributed by atoms with Gasteiger partial charge in [-0.2, -0.15) is 4.57 Å². The monoisotopic (exact) mass is 268 g/mol. The molecule has 0 unspecified atom stereocenters. The Hall–Kier alpha value is -2.29. The second kappa shape index (κ2) is 6.75. The summed E-state index contributed by atoms with van der Waals surface area (Å²) in [6.07, 6.45) is 6.40. The van der Waals surface area contributed by atoms with Crippen LogP contribution in [-0.2, 0) is 6.54 Å². The van der Waals surface area contributed by atoms with Gasteiger partial charge < -0.3 is 10.6 Å². The molecular formula is C17H22N3+. The van der Waals surface area contributed by atoms with E-state index in [0.29, 0.717) is 0 Å². The van der Waals surface area contributed by atoms with Crippen molar-refractivity contribution in [1.29, 1.82) is 0 Å². The highest BCUT2D eigenvalue weighted by Crippen LogP contribution is 2.22. The quantitative estimate of drug-likeness (QED) is 0.815. The minimum absolute atomic E-state index is 0.970. The van der Waals surface area contributed by atoms with Crippen LogP contribution in [0.4, 0.5) is 11.4 Å². The Labute approximate surface area is 121 Å². The van der Waals surface area contributed by atoms with Crippen molar-refractivity contribution in [3.63, 3.8) is 0 Å². The summed E-state index contributed by atoms with van der Waals surface area (Å²) < 4.78 is 2.22. The van der Waals surface area contributed by atoms with E-state index in [0.717, 1.165) is 17.9 Å². The number of pyridine rings is 1. The molecule has 3 heteroatoms. The number of benzene rings is 1. The molecule has 0 amide bonds. The average Bonchev–Trinajstić information content (AvgIpc) is 2.52. The second-order valence-electron chi connectivity index (χ2n) is 4.55. The standard InChI is InChI=1S/C17H21N3/c1-4-20-12-6-5-7-16(20)11-9-14-8-10-15(18-2)13-17(14)19-3/h5-13H,4H2,1-3H3,(H,18,19)/p+1. The first-order chi connectivity index (χ1) is 9.78. The molecule has 0 aliphatic rings. The van der Waals surface area contributed by atoms with E-state index in [-0.39, 0.29) is 0 Å². The van der Waals surface area contributed by atoms with E-state index < -0.39 is 0 Å². The number of nitrogens with zero attached hydrogens (tertiary/aromatic N) is 1. The van der Waals surface area contributed by atoms with Crippen LogP contribution >= 0.6 is 0 Å². The third-order valence-electron chi connectivity index (χ3n) is 3.36. The Balaban J connectivity index is 2.31. The molecule has 0 saturated heterocycles. The third-order valence-corrected chi connectivity index (χ3v) is 3.36. The van der Waals surface area contributed by atoms with Crippen LogP contribution < -0.4 is 15.2 Å². The lowest BCUT2D eigenvalue weighted by molar-refractivity contribution is -0.695. The van der Waals surface area contributed by atoms with Gasteiger partial charge >= 0.3 is 0 Å². The summed E-state index contributed by atoms with van der Waals surface area (Å²) in [7, 11) is 3.87. The molecule has 104 valence electrons. The van der Waals surface area contributed by atoms with Gasteiger partial charge in [-0.25, -0.2) is 0 Å². The van der Waals surface area contributed by atoms with Crippen molar-refractivity contribution in [2.45, 2.75) is 13.5 Å². The van der Waals surface area contributed by atoms with E-state index in [4.69, 9.17) is 0 Å². The molecule has 0 atom stereocenters. The van der Waals surface area contributed by atoms with Crippen LogP contribution in [0, 0.1) is 0 Å².